The van der Waals surface area contributed by atoms with Crippen LogP contribution in [0.5, 0.6) is 0 Å². The number of aromatic nitrogens is 2. The summed E-state index contributed by atoms with van der Waals surface area (Å²) in [5, 5.41) is 15.4. The zero-order chi connectivity index (χ0) is 27.5. The summed E-state index contributed by atoms with van der Waals surface area (Å²) in [6.07, 6.45) is 7.97. The zero-order valence-electron chi connectivity index (χ0n) is 21.0. The van der Waals surface area contributed by atoms with E-state index in [1.54, 1.807) is 44.3 Å². The molecule has 1 aliphatic heterocycles. The molecule has 0 bridgehead atoms. The Labute approximate surface area is 221 Å². The molecule has 4 rings (SSSR count). The monoisotopic (exact) mass is 563 g/mol. The molecule has 2 aromatic rings. The molecule has 1 aliphatic carbocycles. The minimum atomic E-state index is -3.93. The summed E-state index contributed by atoms with van der Waals surface area (Å²) in [7, 11) is -5.99. The van der Waals surface area contributed by atoms with Crippen LogP contribution in [0, 0.1) is 12.7 Å². The molecule has 38 heavy (non-hydrogen) atoms. The van der Waals surface area contributed by atoms with Crippen LogP contribution in [-0.2, 0) is 20.0 Å². The number of allylic oxidation sites excluding steroid dienone is 4. The molecule has 0 unspecified atom stereocenters. The van der Waals surface area contributed by atoms with Crippen molar-refractivity contribution >= 4 is 37.5 Å². The summed E-state index contributed by atoms with van der Waals surface area (Å²) < 4.78 is 65.5. The molecule has 0 radical (unpaired) electrons. The second-order valence-electron chi connectivity index (χ2n) is 9.11. The predicted molar refractivity (Wildman–Crippen MR) is 144 cm³/mol. The first-order valence-corrected chi connectivity index (χ1v) is 14.9. The molecule has 2 heterocycles. The number of nitrogens with zero attached hydrogens (tertiary/aromatic N) is 3. The van der Waals surface area contributed by atoms with Gasteiger partial charge in [0.05, 0.1) is 11.1 Å². The average Bonchev–Trinajstić information content (AvgIpc) is 2.86. The quantitative estimate of drug-likeness (QED) is 0.378. The number of piperidine rings is 1. The molecular weight excluding hydrogens is 533 g/mol. The number of halogens is 1. The maximum atomic E-state index is 14.5. The number of benzene rings is 1. The second-order valence-corrected chi connectivity index (χ2v) is 12.5. The molecule has 1 fully saturated rings. The summed E-state index contributed by atoms with van der Waals surface area (Å²) in [5.41, 5.74) is 1.81. The van der Waals surface area contributed by atoms with Gasteiger partial charge in [-0.15, -0.1) is 0 Å². The number of hydrogen-bond donors (Lipinski definition) is 4. The Kier molecular flexibility index (Phi) is 8.28. The molecule has 0 atom stereocenters. The Morgan fingerprint density at radius 1 is 1.18 bits per heavy atom. The smallest absolute Gasteiger partial charge is 0.238 e. The van der Waals surface area contributed by atoms with Crippen molar-refractivity contribution in [3.05, 3.63) is 70.7 Å². The van der Waals surface area contributed by atoms with Gasteiger partial charge in [-0.2, -0.15) is 9.29 Å². The van der Waals surface area contributed by atoms with Gasteiger partial charge in [0.2, 0.25) is 26.0 Å². The van der Waals surface area contributed by atoms with E-state index in [1.807, 2.05) is 0 Å². The standard InChI is InChI=1S/C24H30FN7O4S2/c1-16-6-7-19(13-22(16)38(26,35)36)30-24-28-14-21(25)23(31-24)29-18-5-3-4-17(12-18)15-37(33,34)32(2)20-8-10-27-11-9-20/h3,5-7,12-15,20,27H,4,8-11H2,1-2H3,(H2,26,35,36)(H2,28,29,30,31). The minimum Gasteiger partial charge on any atom is -0.338 e. The highest BCUT2D eigenvalue weighted by atomic mass is 32.2. The number of aryl methyl sites for hydroxylation is 1. The molecule has 1 aromatic heterocycles. The van der Waals surface area contributed by atoms with Crippen molar-refractivity contribution in [3.8, 4) is 0 Å². The third-order valence-corrected chi connectivity index (χ3v) is 9.03. The molecule has 0 amide bonds. The van der Waals surface area contributed by atoms with E-state index in [1.165, 1.54) is 15.8 Å². The summed E-state index contributed by atoms with van der Waals surface area (Å²) in [6, 6.07) is 4.48. The van der Waals surface area contributed by atoms with Gasteiger partial charge in [-0.05, 0) is 74.7 Å². The molecule has 1 aromatic carbocycles. The summed E-state index contributed by atoms with van der Waals surface area (Å²) >= 11 is 0. The molecule has 14 heteroatoms. The van der Waals surface area contributed by atoms with E-state index in [9.17, 15) is 21.2 Å². The minimum absolute atomic E-state index is 0.0143. The highest BCUT2D eigenvalue weighted by Gasteiger charge is 2.26. The van der Waals surface area contributed by atoms with E-state index in [-0.39, 0.29) is 22.7 Å². The lowest BCUT2D eigenvalue weighted by Gasteiger charge is -2.30. The zero-order valence-corrected chi connectivity index (χ0v) is 22.6. The number of nitrogens with two attached hydrogens (primary N) is 1. The van der Waals surface area contributed by atoms with Crippen LogP contribution in [0.1, 0.15) is 24.8 Å². The number of anilines is 3. The third-order valence-electron chi connectivity index (χ3n) is 6.27. The topological polar surface area (TPSA) is 159 Å². The number of sulfonamides is 2. The lowest BCUT2D eigenvalue weighted by molar-refractivity contribution is 0.299. The maximum absolute atomic E-state index is 14.5. The second kappa shape index (κ2) is 11.3. The largest absolute Gasteiger partial charge is 0.338 e. The van der Waals surface area contributed by atoms with Crippen molar-refractivity contribution in [1.29, 1.82) is 0 Å². The Morgan fingerprint density at radius 3 is 2.63 bits per heavy atom. The Balaban J connectivity index is 1.52. The molecular formula is C24H30FN7O4S2. The van der Waals surface area contributed by atoms with Crippen molar-refractivity contribution in [2.45, 2.75) is 37.1 Å². The van der Waals surface area contributed by atoms with Crippen LogP contribution in [0.3, 0.4) is 0 Å². The molecule has 204 valence electrons. The van der Waals surface area contributed by atoms with Crippen LogP contribution in [0.2, 0.25) is 0 Å². The summed E-state index contributed by atoms with van der Waals surface area (Å²) in [4.78, 5) is 8.01. The van der Waals surface area contributed by atoms with Gasteiger partial charge in [0.1, 0.15) is 0 Å². The van der Waals surface area contributed by atoms with Gasteiger partial charge in [-0.3, -0.25) is 0 Å². The third kappa shape index (κ3) is 6.82. The van der Waals surface area contributed by atoms with Crippen LogP contribution in [-0.4, -0.2) is 57.3 Å². The van der Waals surface area contributed by atoms with Crippen molar-refractivity contribution in [2.24, 2.45) is 5.14 Å². The van der Waals surface area contributed by atoms with E-state index in [2.05, 4.69) is 25.9 Å². The normalized spacial score (nSPS) is 18.0. The van der Waals surface area contributed by atoms with Gasteiger partial charge in [-0.25, -0.2) is 31.3 Å². The van der Waals surface area contributed by atoms with Crippen molar-refractivity contribution < 1.29 is 21.2 Å². The fraction of sp³-hybridized carbons (Fsp3) is 0.333. The molecule has 5 N–H and O–H groups in total. The molecule has 2 aliphatic rings. The van der Waals surface area contributed by atoms with Gasteiger partial charge in [0.25, 0.3) is 0 Å². The Bertz CT molecular complexity index is 1520. The van der Waals surface area contributed by atoms with Crippen LogP contribution in [0.15, 0.2) is 64.2 Å². The first-order chi connectivity index (χ1) is 17.9. The average molecular weight is 564 g/mol. The highest BCUT2D eigenvalue weighted by molar-refractivity contribution is 7.92. The SMILES string of the molecule is Cc1ccc(Nc2ncc(F)c(NC3=CC(=CS(=O)(=O)N(C)C4CCNCC4)CC=C3)n2)cc1S(N)(=O)=O. The van der Waals surface area contributed by atoms with E-state index in [0.29, 0.717) is 28.9 Å². The lowest BCUT2D eigenvalue weighted by Crippen LogP contribution is -2.43. The van der Waals surface area contributed by atoms with Crippen molar-refractivity contribution in [3.63, 3.8) is 0 Å². The summed E-state index contributed by atoms with van der Waals surface area (Å²) in [6.45, 7) is 3.16. The van der Waals surface area contributed by atoms with Gasteiger partial charge >= 0.3 is 0 Å². The first-order valence-electron chi connectivity index (χ1n) is 11.9. The van der Waals surface area contributed by atoms with E-state index < -0.39 is 25.9 Å². The maximum Gasteiger partial charge on any atom is 0.238 e. The fourth-order valence-corrected chi connectivity index (χ4v) is 6.35. The van der Waals surface area contributed by atoms with E-state index >= 15 is 0 Å². The van der Waals surface area contributed by atoms with Crippen LogP contribution in [0.4, 0.5) is 21.8 Å². The molecule has 0 spiro atoms. The van der Waals surface area contributed by atoms with Crippen molar-refractivity contribution in [1.82, 2.24) is 19.6 Å². The van der Waals surface area contributed by atoms with E-state index in [4.69, 9.17) is 5.14 Å². The first kappa shape index (κ1) is 27.9. The number of hydrogen-bond acceptors (Lipinski definition) is 9. The van der Waals surface area contributed by atoms with Gasteiger partial charge < -0.3 is 16.0 Å². The predicted octanol–water partition coefficient (Wildman–Crippen LogP) is 2.47. The summed E-state index contributed by atoms with van der Waals surface area (Å²) in [5.74, 6) is -0.859. The van der Waals surface area contributed by atoms with E-state index in [0.717, 1.165) is 32.1 Å². The number of rotatable bonds is 8. The van der Waals surface area contributed by atoms with Gasteiger partial charge in [-0.1, -0.05) is 12.1 Å². The van der Waals surface area contributed by atoms with Crippen molar-refractivity contribution in [2.75, 3.05) is 30.8 Å². The van der Waals surface area contributed by atoms with Crippen LogP contribution < -0.4 is 21.1 Å². The molecule has 0 saturated carbocycles. The van der Waals surface area contributed by atoms with Gasteiger partial charge in [0, 0.05) is 29.9 Å². The van der Waals surface area contributed by atoms with Crippen LogP contribution >= 0.6 is 0 Å². The molecule has 1 saturated heterocycles. The lowest BCUT2D eigenvalue weighted by atomic mass is 10.1. The number of primary sulfonamides is 1. The highest BCUT2D eigenvalue weighted by Crippen LogP contribution is 2.25. The number of nitrogens with one attached hydrogen (secondary N) is 3. The van der Waals surface area contributed by atoms with Crippen LogP contribution in [0.25, 0.3) is 0 Å². The van der Waals surface area contributed by atoms with Gasteiger partial charge in [0.15, 0.2) is 11.6 Å². The Hall–Kier alpha value is -3.17. The fourth-order valence-electron chi connectivity index (χ4n) is 4.21. The molecule has 11 nitrogen and oxygen atoms in total. The Morgan fingerprint density at radius 2 is 1.92 bits per heavy atom.